The molecule has 0 bridgehead atoms. The quantitative estimate of drug-likeness (QED) is 0.767. The lowest BCUT2D eigenvalue weighted by atomic mass is 10.2. The van der Waals surface area contributed by atoms with E-state index in [0.29, 0.717) is 17.3 Å². The number of carbonyl (C=O) groups is 1. The highest BCUT2D eigenvalue weighted by Gasteiger charge is 2.10. The molecule has 1 aromatic carbocycles. The fourth-order valence-electron chi connectivity index (χ4n) is 2.05. The molecule has 106 valence electrons. The number of anilines is 1. The molecule has 5 nitrogen and oxygen atoms in total. The number of halogens is 1. The number of aromatic carboxylic acids is 1. The highest BCUT2D eigenvalue weighted by molar-refractivity contribution is 6.35. The van der Waals surface area contributed by atoms with Crippen LogP contribution in [0.25, 0.3) is 10.9 Å². The van der Waals surface area contributed by atoms with Crippen LogP contribution < -0.4 is 5.32 Å². The van der Waals surface area contributed by atoms with Gasteiger partial charge in [0, 0.05) is 11.6 Å². The van der Waals surface area contributed by atoms with E-state index in [9.17, 15) is 4.79 Å². The molecule has 0 amide bonds. The van der Waals surface area contributed by atoms with Gasteiger partial charge in [-0.25, -0.2) is 4.79 Å². The second-order valence-corrected chi connectivity index (χ2v) is 4.83. The molecule has 0 spiro atoms. The van der Waals surface area contributed by atoms with Gasteiger partial charge in [-0.2, -0.15) is 0 Å². The highest BCUT2D eigenvalue weighted by Crippen LogP contribution is 2.28. The molecule has 0 fully saturated rings. The first-order chi connectivity index (χ1) is 10.1. The van der Waals surface area contributed by atoms with Gasteiger partial charge in [-0.3, -0.25) is 4.98 Å². The predicted octanol–water partition coefficient (Wildman–Crippen LogP) is 3.79. The third-order valence-corrected chi connectivity index (χ3v) is 3.37. The Bertz CT molecular complexity index is 814. The molecular weight excluding hydrogens is 292 g/mol. The second-order valence-electron chi connectivity index (χ2n) is 4.42. The predicted molar refractivity (Wildman–Crippen MR) is 79.7 cm³/mol. The summed E-state index contributed by atoms with van der Waals surface area (Å²) in [7, 11) is 0. The number of benzene rings is 1. The number of fused-ring (bicyclic) bond motifs is 1. The Kier molecular flexibility index (Phi) is 3.50. The van der Waals surface area contributed by atoms with Gasteiger partial charge in [-0.15, -0.1) is 0 Å². The van der Waals surface area contributed by atoms with Crippen molar-refractivity contribution >= 4 is 34.2 Å². The maximum atomic E-state index is 10.8. The van der Waals surface area contributed by atoms with E-state index in [1.165, 1.54) is 6.07 Å². The van der Waals surface area contributed by atoms with Crippen LogP contribution in [0.15, 0.2) is 47.0 Å². The van der Waals surface area contributed by atoms with Crippen LogP contribution >= 0.6 is 11.6 Å². The number of hydrogen-bond donors (Lipinski definition) is 2. The summed E-state index contributed by atoms with van der Waals surface area (Å²) in [5, 5.41) is 13.5. The lowest BCUT2D eigenvalue weighted by Crippen LogP contribution is -2.00. The lowest BCUT2D eigenvalue weighted by molar-refractivity contribution is 0.0660. The number of furan rings is 1. The Labute approximate surface area is 125 Å². The zero-order valence-electron chi connectivity index (χ0n) is 10.8. The number of hydrogen-bond acceptors (Lipinski definition) is 4. The molecule has 0 radical (unpaired) electrons. The van der Waals surface area contributed by atoms with Crippen molar-refractivity contribution in [1.29, 1.82) is 0 Å². The van der Waals surface area contributed by atoms with Crippen molar-refractivity contribution in [3.05, 3.63) is 59.1 Å². The molecule has 2 N–H and O–H groups in total. The average molecular weight is 303 g/mol. The van der Waals surface area contributed by atoms with E-state index < -0.39 is 5.97 Å². The number of carboxylic acids is 1. The second kappa shape index (κ2) is 5.46. The monoisotopic (exact) mass is 302 g/mol. The van der Waals surface area contributed by atoms with Crippen LogP contribution in [0.5, 0.6) is 0 Å². The minimum atomic E-state index is -1.08. The Morgan fingerprint density at radius 2 is 2.14 bits per heavy atom. The number of carboxylic acid groups (broad SMARTS) is 1. The van der Waals surface area contributed by atoms with Gasteiger partial charge in [-0.1, -0.05) is 11.6 Å². The van der Waals surface area contributed by atoms with Gasteiger partial charge < -0.3 is 14.8 Å². The summed E-state index contributed by atoms with van der Waals surface area (Å²) in [6.07, 6.45) is 1.69. The molecule has 0 saturated carbocycles. The molecule has 2 aromatic heterocycles. The first-order valence-electron chi connectivity index (χ1n) is 6.24. The summed E-state index contributed by atoms with van der Waals surface area (Å²) in [6, 6.07) is 10.4. The zero-order chi connectivity index (χ0) is 14.8. The fourth-order valence-corrected chi connectivity index (χ4v) is 2.27. The van der Waals surface area contributed by atoms with Crippen molar-refractivity contribution in [2.45, 2.75) is 6.54 Å². The molecule has 3 rings (SSSR count). The first kappa shape index (κ1) is 13.5. The van der Waals surface area contributed by atoms with Crippen LogP contribution in [-0.2, 0) is 6.54 Å². The minimum Gasteiger partial charge on any atom is -0.475 e. The average Bonchev–Trinajstić information content (AvgIpc) is 2.96. The molecule has 0 saturated heterocycles. The molecule has 0 unspecified atom stereocenters. The Hall–Kier alpha value is -2.53. The molecule has 2 heterocycles. The summed E-state index contributed by atoms with van der Waals surface area (Å²) in [6.45, 7) is 0.362. The summed E-state index contributed by atoms with van der Waals surface area (Å²) in [5.41, 5.74) is 1.57. The van der Waals surface area contributed by atoms with Gasteiger partial charge in [0.1, 0.15) is 5.76 Å². The molecule has 0 aliphatic heterocycles. The van der Waals surface area contributed by atoms with Crippen molar-refractivity contribution in [3.8, 4) is 0 Å². The van der Waals surface area contributed by atoms with Crippen LogP contribution in [0.4, 0.5) is 5.69 Å². The maximum Gasteiger partial charge on any atom is 0.371 e. The van der Waals surface area contributed by atoms with Crippen LogP contribution in [-0.4, -0.2) is 16.1 Å². The molecular formula is C15H11ClN2O3. The number of rotatable bonds is 4. The van der Waals surface area contributed by atoms with Gasteiger partial charge in [0.05, 0.1) is 22.8 Å². The largest absolute Gasteiger partial charge is 0.475 e. The molecule has 21 heavy (non-hydrogen) atoms. The number of nitrogens with zero attached hydrogens (tertiary/aromatic N) is 1. The van der Waals surface area contributed by atoms with E-state index in [2.05, 4.69) is 10.3 Å². The number of nitrogens with one attached hydrogen (secondary N) is 1. The van der Waals surface area contributed by atoms with Crippen molar-refractivity contribution in [2.75, 3.05) is 5.32 Å². The summed E-state index contributed by atoms with van der Waals surface area (Å²) in [5.74, 6) is -0.628. The van der Waals surface area contributed by atoms with E-state index in [-0.39, 0.29) is 5.76 Å². The van der Waals surface area contributed by atoms with Crippen molar-refractivity contribution in [1.82, 2.24) is 4.98 Å². The Balaban J connectivity index is 1.85. The van der Waals surface area contributed by atoms with Gasteiger partial charge in [-0.05, 0) is 36.4 Å². The normalized spacial score (nSPS) is 10.7. The van der Waals surface area contributed by atoms with E-state index in [1.54, 1.807) is 18.3 Å². The summed E-state index contributed by atoms with van der Waals surface area (Å²) < 4.78 is 5.19. The lowest BCUT2D eigenvalue weighted by Gasteiger charge is -2.08. The molecule has 0 aliphatic carbocycles. The van der Waals surface area contributed by atoms with Crippen LogP contribution in [0.1, 0.15) is 16.3 Å². The third-order valence-electron chi connectivity index (χ3n) is 3.04. The minimum absolute atomic E-state index is 0.0779. The van der Waals surface area contributed by atoms with E-state index in [0.717, 1.165) is 16.6 Å². The standard InChI is InChI=1S/C15H11ClN2O3/c16-11-4-5-12(14-10(11)2-1-7-17-14)18-8-9-3-6-13(21-9)15(19)20/h1-7,18H,8H2,(H,19,20). The van der Waals surface area contributed by atoms with E-state index in [4.69, 9.17) is 21.1 Å². The van der Waals surface area contributed by atoms with Crippen molar-refractivity contribution in [3.63, 3.8) is 0 Å². The Morgan fingerprint density at radius 1 is 1.29 bits per heavy atom. The van der Waals surface area contributed by atoms with Gasteiger partial charge in [0.15, 0.2) is 0 Å². The topological polar surface area (TPSA) is 75.4 Å². The van der Waals surface area contributed by atoms with E-state index >= 15 is 0 Å². The van der Waals surface area contributed by atoms with Crippen LogP contribution in [0, 0.1) is 0 Å². The van der Waals surface area contributed by atoms with Gasteiger partial charge in [0.25, 0.3) is 0 Å². The number of aromatic nitrogens is 1. The first-order valence-corrected chi connectivity index (χ1v) is 6.62. The third kappa shape index (κ3) is 2.68. The Morgan fingerprint density at radius 3 is 2.90 bits per heavy atom. The smallest absolute Gasteiger partial charge is 0.371 e. The SMILES string of the molecule is O=C(O)c1ccc(CNc2ccc(Cl)c3cccnc23)o1. The molecule has 0 atom stereocenters. The summed E-state index contributed by atoms with van der Waals surface area (Å²) in [4.78, 5) is 15.1. The van der Waals surface area contributed by atoms with Crippen LogP contribution in [0.3, 0.4) is 0 Å². The number of pyridine rings is 1. The fraction of sp³-hybridized carbons (Fsp3) is 0.0667. The van der Waals surface area contributed by atoms with Crippen molar-refractivity contribution in [2.24, 2.45) is 0 Å². The van der Waals surface area contributed by atoms with Crippen LogP contribution in [0.2, 0.25) is 5.02 Å². The molecule has 0 aliphatic rings. The summed E-state index contributed by atoms with van der Waals surface area (Å²) >= 11 is 6.13. The van der Waals surface area contributed by atoms with E-state index in [1.807, 2.05) is 18.2 Å². The molecule has 3 aromatic rings. The van der Waals surface area contributed by atoms with Gasteiger partial charge in [0.2, 0.25) is 5.76 Å². The maximum absolute atomic E-state index is 10.8. The zero-order valence-corrected chi connectivity index (χ0v) is 11.6. The van der Waals surface area contributed by atoms with Gasteiger partial charge >= 0.3 is 5.97 Å². The van der Waals surface area contributed by atoms with Crippen molar-refractivity contribution < 1.29 is 14.3 Å². The highest BCUT2D eigenvalue weighted by atomic mass is 35.5. The molecule has 6 heteroatoms.